The number of ether oxygens (including phenoxy) is 1. The van der Waals surface area contributed by atoms with E-state index in [0.717, 1.165) is 0 Å². The molecule has 2 aromatic carbocycles. The molecule has 0 saturated heterocycles. The van der Waals surface area contributed by atoms with Gasteiger partial charge in [-0.2, -0.15) is 0 Å². The maximum absolute atomic E-state index is 12.2. The maximum atomic E-state index is 12.2. The Morgan fingerprint density at radius 3 is 2.29 bits per heavy atom. The van der Waals surface area contributed by atoms with Crippen LogP contribution in [0.15, 0.2) is 66.1 Å². The molecule has 4 nitrogen and oxygen atoms in total. The van der Waals surface area contributed by atoms with Crippen LogP contribution in [0.3, 0.4) is 0 Å². The van der Waals surface area contributed by atoms with Gasteiger partial charge in [0.05, 0.1) is 4.90 Å². The lowest BCUT2D eigenvalue weighted by atomic mass is 10.3. The second kappa shape index (κ2) is 6.65. The summed E-state index contributed by atoms with van der Waals surface area (Å²) in [4.78, 5) is 0.152. The molecule has 0 fully saturated rings. The standard InChI is InChI=1S/C15H14ClNO3S/c1-2-11-20-14-7-5-13(6-8-14)17-21(18,19)15-9-3-12(16)4-10-15/h2-10,17H,1,11H2. The van der Waals surface area contributed by atoms with Crippen molar-refractivity contribution in [1.82, 2.24) is 0 Å². The van der Waals surface area contributed by atoms with Gasteiger partial charge in [0.15, 0.2) is 0 Å². The Bertz CT molecular complexity index is 710. The summed E-state index contributed by atoms with van der Waals surface area (Å²) in [6.07, 6.45) is 1.64. The van der Waals surface area contributed by atoms with Crippen LogP contribution in [0.25, 0.3) is 0 Å². The van der Waals surface area contributed by atoms with E-state index in [1.165, 1.54) is 24.3 Å². The van der Waals surface area contributed by atoms with Crippen LogP contribution in [0.2, 0.25) is 5.02 Å². The van der Waals surface area contributed by atoms with Gasteiger partial charge in [-0.25, -0.2) is 8.42 Å². The second-order valence-corrected chi connectivity index (χ2v) is 6.30. The lowest BCUT2D eigenvalue weighted by molar-refractivity contribution is 0.363. The fourth-order valence-electron chi connectivity index (χ4n) is 1.60. The average molecular weight is 324 g/mol. The Morgan fingerprint density at radius 2 is 1.71 bits per heavy atom. The van der Waals surface area contributed by atoms with Gasteiger partial charge in [-0.1, -0.05) is 24.3 Å². The number of sulfonamides is 1. The van der Waals surface area contributed by atoms with E-state index in [1.54, 1.807) is 30.3 Å². The summed E-state index contributed by atoms with van der Waals surface area (Å²) in [6.45, 7) is 3.95. The predicted molar refractivity (Wildman–Crippen MR) is 84.4 cm³/mol. The Labute approximate surface area is 129 Å². The molecule has 0 bridgehead atoms. The van der Waals surface area contributed by atoms with E-state index in [4.69, 9.17) is 16.3 Å². The van der Waals surface area contributed by atoms with Crippen molar-refractivity contribution < 1.29 is 13.2 Å². The first-order chi connectivity index (χ1) is 10.0. The number of hydrogen-bond donors (Lipinski definition) is 1. The molecule has 0 aromatic heterocycles. The summed E-state index contributed by atoms with van der Waals surface area (Å²) < 4.78 is 32.2. The number of hydrogen-bond acceptors (Lipinski definition) is 3. The zero-order valence-corrected chi connectivity index (χ0v) is 12.7. The van der Waals surface area contributed by atoms with Gasteiger partial charge in [-0.3, -0.25) is 4.72 Å². The van der Waals surface area contributed by atoms with Crippen LogP contribution >= 0.6 is 11.6 Å². The molecule has 0 aliphatic heterocycles. The summed E-state index contributed by atoms with van der Waals surface area (Å²) in [5.41, 5.74) is 0.455. The normalized spacial score (nSPS) is 10.9. The third-order valence-corrected chi connectivity index (χ3v) is 4.25. The molecule has 0 heterocycles. The van der Waals surface area contributed by atoms with Gasteiger partial charge in [0.2, 0.25) is 0 Å². The van der Waals surface area contributed by atoms with E-state index < -0.39 is 10.0 Å². The quantitative estimate of drug-likeness (QED) is 0.825. The topological polar surface area (TPSA) is 55.4 Å². The highest BCUT2D eigenvalue weighted by Crippen LogP contribution is 2.20. The summed E-state index contributed by atoms with van der Waals surface area (Å²) in [5.74, 6) is 0.643. The molecule has 2 rings (SSSR count). The molecule has 110 valence electrons. The molecule has 0 atom stereocenters. The first-order valence-electron chi connectivity index (χ1n) is 6.13. The van der Waals surface area contributed by atoms with Crippen molar-refractivity contribution in [3.05, 3.63) is 66.2 Å². The molecule has 0 aliphatic carbocycles. The van der Waals surface area contributed by atoms with Crippen LogP contribution in [0.4, 0.5) is 5.69 Å². The smallest absolute Gasteiger partial charge is 0.261 e. The van der Waals surface area contributed by atoms with E-state index in [9.17, 15) is 8.42 Å². The van der Waals surface area contributed by atoms with Crippen LogP contribution in [0.1, 0.15) is 0 Å². The average Bonchev–Trinajstić information content (AvgIpc) is 2.47. The van der Waals surface area contributed by atoms with Gasteiger partial charge in [0, 0.05) is 10.7 Å². The third kappa shape index (κ3) is 4.24. The van der Waals surface area contributed by atoms with Gasteiger partial charge >= 0.3 is 0 Å². The van der Waals surface area contributed by atoms with E-state index in [2.05, 4.69) is 11.3 Å². The predicted octanol–water partition coefficient (Wildman–Crippen LogP) is 3.71. The van der Waals surface area contributed by atoms with E-state index in [0.29, 0.717) is 23.1 Å². The van der Waals surface area contributed by atoms with E-state index >= 15 is 0 Å². The van der Waals surface area contributed by atoms with Gasteiger partial charge in [-0.05, 0) is 48.5 Å². The molecular weight excluding hydrogens is 310 g/mol. The van der Waals surface area contributed by atoms with Crippen molar-refractivity contribution in [3.63, 3.8) is 0 Å². The second-order valence-electron chi connectivity index (χ2n) is 4.18. The molecule has 21 heavy (non-hydrogen) atoms. The van der Waals surface area contributed by atoms with Crippen LogP contribution < -0.4 is 9.46 Å². The van der Waals surface area contributed by atoms with Crippen LogP contribution in [-0.4, -0.2) is 15.0 Å². The third-order valence-electron chi connectivity index (χ3n) is 2.60. The molecule has 0 saturated carbocycles. The minimum atomic E-state index is -3.63. The Hall–Kier alpha value is -1.98. The van der Waals surface area contributed by atoms with Gasteiger partial charge in [0.25, 0.3) is 10.0 Å². The summed E-state index contributed by atoms with van der Waals surface area (Å²) in [6, 6.07) is 12.6. The lowest BCUT2D eigenvalue weighted by Gasteiger charge is -2.09. The number of nitrogens with one attached hydrogen (secondary N) is 1. The number of anilines is 1. The lowest BCUT2D eigenvalue weighted by Crippen LogP contribution is -2.12. The van der Waals surface area contributed by atoms with Crippen LogP contribution in [-0.2, 0) is 10.0 Å². The van der Waals surface area contributed by atoms with Crippen molar-refractivity contribution in [2.45, 2.75) is 4.90 Å². The molecule has 0 unspecified atom stereocenters. The molecule has 6 heteroatoms. The summed E-state index contributed by atoms with van der Waals surface area (Å²) in [7, 11) is -3.63. The van der Waals surface area contributed by atoms with Crippen molar-refractivity contribution in [2.75, 3.05) is 11.3 Å². The largest absolute Gasteiger partial charge is 0.490 e. The van der Waals surface area contributed by atoms with E-state index in [-0.39, 0.29) is 4.90 Å². The molecule has 0 aliphatic rings. The van der Waals surface area contributed by atoms with E-state index in [1.807, 2.05) is 0 Å². The fraction of sp³-hybridized carbons (Fsp3) is 0.0667. The van der Waals surface area contributed by atoms with Crippen molar-refractivity contribution in [2.24, 2.45) is 0 Å². The number of rotatable bonds is 6. The highest BCUT2D eigenvalue weighted by atomic mass is 35.5. The van der Waals surface area contributed by atoms with Gasteiger partial charge < -0.3 is 4.74 Å². The molecule has 0 radical (unpaired) electrons. The van der Waals surface area contributed by atoms with Crippen LogP contribution in [0.5, 0.6) is 5.75 Å². The van der Waals surface area contributed by atoms with Gasteiger partial charge in [0.1, 0.15) is 12.4 Å². The zero-order chi connectivity index (χ0) is 15.3. The minimum absolute atomic E-state index is 0.152. The molecule has 0 amide bonds. The fourth-order valence-corrected chi connectivity index (χ4v) is 2.79. The summed E-state index contributed by atoms with van der Waals surface area (Å²) in [5, 5.41) is 0.484. The first-order valence-corrected chi connectivity index (χ1v) is 7.99. The molecular formula is C15H14ClNO3S. The molecule has 1 N–H and O–H groups in total. The maximum Gasteiger partial charge on any atom is 0.261 e. The monoisotopic (exact) mass is 323 g/mol. The Kier molecular flexibility index (Phi) is 4.88. The van der Waals surface area contributed by atoms with Crippen LogP contribution in [0, 0.1) is 0 Å². The number of halogens is 1. The Balaban J connectivity index is 2.13. The van der Waals surface area contributed by atoms with Gasteiger partial charge in [-0.15, -0.1) is 0 Å². The summed E-state index contributed by atoms with van der Waals surface area (Å²) >= 11 is 5.74. The highest BCUT2D eigenvalue weighted by molar-refractivity contribution is 7.92. The molecule has 2 aromatic rings. The molecule has 0 spiro atoms. The number of benzene rings is 2. The van der Waals surface area contributed by atoms with Crippen molar-refractivity contribution in [3.8, 4) is 5.75 Å². The van der Waals surface area contributed by atoms with Crippen molar-refractivity contribution in [1.29, 1.82) is 0 Å². The minimum Gasteiger partial charge on any atom is -0.490 e. The Morgan fingerprint density at radius 1 is 1.10 bits per heavy atom. The zero-order valence-electron chi connectivity index (χ0n) is 11.1. The highest BCUT2D eigenvalue weighted by Gasteiger charge is 2.13. The first kappa shape index (κ1) is 15.4. The van der Waals surface area contributed by atoms with Crippen molar-refractivity contribution >= 4 is 27.3 Å². The SMILES string of the molecule is C=CCOc1ccc(NS(=O)(=O)c2ccc(Cl)cc2)cc1.